The zero-order chi connectivity index (χ0) is 10.8. The van der Waals surface area contributed by atoms with Crippen molar-refractivity contribution in [3.8, 4) is 11.7 Å². The van der Waals surface area contributed by atoms with Gasteiger partial charge in [0.2, 0.25) is 5.88 Å². The van der Waals surface area contributed by atoms with Crippen LogP contribution in [-0.4, -0.2) is 26.9 Å². The molecule has 0 spiro atoms. The molecule has 2 N–H and O–H groups in total. The van der Waals surface area contributed by atoms with Gasteiger partial charge >= 0.3 is 0 Å². The molecule has 0 aliphatic carbocycles. The summed E-state index contributed by atoms with van der Waals surface area (Å²) in [6.07, 6.45) is 4.59. The summed E-state index contributed by atoms with van der Waals surface area (Å²) in [5.41, 5.74) is 5.51. The molecule has 78 valence electrons. The Morgan fingerprint density at radius 2 is 2.27 bits per heavy atom. The number of rotatable bonds is 2. The van der Waals surface area contributed by atoms with E-state index in [1.165, 1.54) is 24.2 Å². The highest BCUT2D eigenvalue weighted by Crippen LogP contribution is 2.18. The number of ether oxygens (including phenoxy) is 1. The molecule has 15 heavy (non-hydrogen) atoms. The smallest absolute Gasteiger partial charge is 0.234 e. The molecule has 0 aliphatic heterocycles. The van der Waals surface area contributed by atoms with Gasteiger partial charge in [0.15, 0.2) is 11.6 Å². The fourth-order valence-corrected chi connectivity index (χ4v) is 1.16. The van der Waals surface area contributed by atoms with Crippen molar-refractivity contribution in [2.45, 2.75) is 0 Å². The molecule has 2 aromatic rings. The number of methoxy groups -OCH3 is 1. The Morgan fingerprint density at radius 3 is 2.87 bits per heavy atom. The highest BCUT2D eigenvalue weighted by molar-refractivity contribution is 6.32. The summed E-state index contributed by atoms with van der Waals surface area (Å²) in [5.74, 6) is 1.15. The summed E-state index contributed by atoms with van der Waals surface area (Å²) in [6.45, 7) is 0. The summed E-state index contributed by atoms with van der Waals surface area (Å²) >= 11 is 5.77. The summed E-state index contributed by atoms with van der Waals surface area (Å²) in [4.78, 5) is 8.06. The van der Waals surface area contributed by atoms with Gasteiger partial charge in [-0.2, -0.15) is 4.98 Å². The van der Waals surface area contributed by atoms with Gasteiger partial charge in [-0.3, -0.25) is 4.98 Å². The number of hydrogen-bond donors (Lipinski definition) is 1. The Hall–Kier alpha value is -1.82. The number of halogens is 1. The third-order valence-electron chi connectivity index (χ3n) is 1.74. The fraction of sp³-hybridized carbons (Fsp3) is 0.125. The van der Waals surface area contributed by atoms with E-state index in [9.17, 15) is 0 Å². The lowest BCUT2D eigenvalue weighted by Crippen LogP contribution is -2.01. The molecule has 2 heterocycles. The Bertz CT molecular complexity index is 464. The number of hydrogen-bond acceptors (Lipinski definition) is 5. The molecular weight excluding hydrogens is 218 g/mol. The molecule has 0 fully saturated rings. The van der Waals surface area contributed by atoms with Crippen molar-refractivity contribution in [3.63, 3.8) is 0 Å². The molecule has 2 aromatic heterocycles. The third kappa shape index (κ3) is 1.84. The monoisotopic (exact) mass is 225 g/mol. The molecule has 0 saturated heterocycles. The van der Waals surface area contributed by atoms with Crippen molar-refractivity contribution in [1.29, 1.82) is 0 Å². The number of anilines is 1. The third-order valence-corrected chi connectivity index (χ3v) is 2.03. The van der Waals surface area contributed by atoms with E-state index >= 15 is 0 Å². The Morgan fingerprint density at radius 1 is 1.47 bits per heavy atom. The minimum atomic E-state index is 0.251. The van der Waals surface area contributed by atoms with Crippen LogP contribution in [0.15, 0.2) is 18.6 Å². The summed E-state index contributed by atoms with van der Waals surface area (Å²) in [5, 5.41) is 4.33. The molecule has 0 aliphatic rings. The van der Waals surface area contributed by atoms with Crippen LogP contribution in [0.5, 0.6) is 5.88 Å². The van der Waals surface area contributed by atoms with Crippen LogP contribution in [0.3, 0.4) is 0 Å². The second kappa shape index (κ2) is 3.74. The van der Waals surface area contributed by atoms with Gasteiger partial charge in [0.1, 0.15) is 5.02 Å². The van der Waals surface area contributed by atoms with Gasteiger partial charge < -0.3 is 10.5 Å². The molecule has 0 amide bonds. The molecule has 0 saturated carbocycles. The van der Waals surface area contributed by atoms with Gasteiger partial charge in [-0.1, -0.05) is 11.6 Å². The summed E-state index contributed by atoms with van der Waals surface area (Å²) in [7, 11) is 1.51. The first-order valence-corrected chi connectivity index (χ1v) is 4.45. The first kappa shape index (κ1) is 9.72. The van der Waals surface area contributed by atoms with E-state index in [0.29, 0.717) is 16.7 Å². The van der Waals surface area contributed by atoms with E-state index in [4.69, 9.17) is 22.1 Å². The molecule has 0 unspecified atom stereocenters. The lowest BCUT2D eigenvalue weighted by atomic mass is 10.6. The molecule has 0 atom stereocenters. The summed E-state index contributed by atoms with van der Waals surface area (Å²) in [6, 6.07) is 0. The molecule has 0 aromatic carbocycles. The molecule has 6 nitrogen and oxygen atoms in total. The van der Waals surface area contributed by atoms with Crippen LogP contribution in [-0.2, 0) is 0 Å². The molecule has 0 bridgehead atoms. The van der Waals surface area contributed by atoms with Gasteiger partial charge in [-0.25, -0.2) is 4.68 Å². The van der Waals surface area contributed by atoms with E-state index in [2.05, 4.69) is 15.1 Å². The predicted molar refractivity (Wildman–Crippen MR) is 55.1 cm³/mol. The summed E-state index contributed by atoms with van der Waals surface area (Å²) < 4.78 is 6.37. The van der Waals surface area contributed by atoms with E-state index in [1.54, 1.807) is 6.20 Å². The predicted octanol–water partition coefficient (Wildman–Crippen LogP) is 0.906. The fourth-order valence-electron chi connectivity index (χ4n) is 1.03. The average Bonchev–Trinajstić information content (AvgIpc) is 2.59. The SMILES string of the molecule is COc1cncc(-n2cc(Cl)c(N)n2)n1. The second-order valence-electron chi connectivity index (χ2n) is 2.73. The molecule has 7 heteroatoms. The zero-order valence-corrected chi connectivity index (χ0v) is 8.64. The highest BCUT2D eigenvalue weighted by atomic mass is 35.5. The number of nitrogen functional groups attached to an aromatic ring is 1. The van der Waals surface area contributed by atoms with Crippen LogP contribution in [0, 0.1) is 0 Å². The van der Waals surface area contributed by atoms with E-state index in [0.717, 1.165) is 0 Å². The minimum Gasteiger partial charge on any atom is -0.480 e. The zero-order valence-electron chi connectivity index (χ0n) is 7.88. The molecular formula is C8H8ClN5O. The quantitative estimate of drug-likeness (QED) is 0.822. The van der Waals surface area contributed by atoms with Crippen LogP contribution in [0.2, 0.25) is 5.02 Å². The van der Waals surface area contributed by atoms with Gasteiger partial charge in [-0.05, 0) is 0 Å². The van der Waals surface area contributed by atoms with Crippen LogP contribution in [0.25, 0.3) is 5.82 Å². The lowest BCUT2D eigenvalue weighted by molar-refractivity contribution is 0.394. The number of aromatic nitrogens is 4. The van der Waals surface area contributed by atoms with Crippen LogP contribution in [0.4, 0.5) is 5.82 Å². The molecule has 0 radical (unpaired) electrons. The van der Waals surface area contributed by atoms with Gasteiger partial charge in [-0.15, -0.1) is 5.10 Å². The van der Waals surface area contributed by atoms with Crippen molar-refractivity contribution < 1.29 is 4.74 Å². The normalized spacial score (nSPS) is 10.3. The minimum absolute atomic E-state index is 0.251. The first-order valence-electron chi connectivity index (χ1n) is 4.08. The van der Waals surface area contributed by atoms with Crippen LogP contribution in [0.1, 0.15) is 0 Å². The number of nitrogens with zero attached hydrogens (tertiary/aromatic N) is 4. The van der Waals surface area contributed by atoms with Crippen molar-refractivity contribution in [2.75, 3.05) is 12.8 Å². The van der Waals surface area contributed by atoms with E-state index in [-0.39, 0.29) is 5.82 Å². The largest absolute Gasteiger partial charge is 0.480 e. The maximum Gasteiger partial charge on any atom is 0.234 e. The Balaban J connectivity index is 2.44. The first-order chi connectivity index (χ1) is 7.20. The number of nitrogens with two attached hydrogens (primary N) is 1. The van der Waals surface area contributed by atoms with Crippen LogP contribution >= 0.6 is 11.6 Å². The van der Waals surface area contributed by atoms with Gasteiger partial charge in [0.05, 0.1) is 25.7 Å². The Labute approximate surface area is 90.7 Å². The Kier molecular flexibility index (Phi) is 2.42. The van der Waals surface area contributed by atoms with Crippen molar-refractivity contribution in [3.05, 3.63) is 23.6 Å². The standard InChI is InChI=1S/C8H8ClN5O/c1-15-7-3-11-2-6(12-7)14-4-5(9)8(10)13-14/h2-4H,1H3,(H2,10,13). The maximum atomic E-state index is 5.77. The highest BCUT2D eigenvalue weighted by Gasteiger charge is 2.06. The van der Waals surface area contributed by atoms with E-state index in [1.807, 2.05) is 0 Å². The van der Waals surface area contributed by atoms with Gasteiger partial charge in [0.25, 0.3) is 0 Å². The average molecular weight is 226 g/mol. The van der Waals surface area contributed by atoms with Crippen molar-refractivity contribution in [2.24, 2.45) is 0 Å². The lowest BCUT2D eigenvalue weighted by Gasteiger charge is -2.01. The topological polar surface area (TPSA) is 78.9 Å². The van der Waals surface area contributed by atoms with E-state index < -0.39 is 0 Å². The second-order valence-corrected chi connectivity index (χ2v) is 3.13. The van der Waals surface area contributed by atoms with Crippen LogP contribution < -0.4 is 10.5 Å². The van der Waals surface area contributed by atoms with Crippen molar-refractivity contribution in [1.82, 2.24) is 19.7 Å². The molecule has 2 rings (SSSR count). The van der Waals surface area contributed by atoms with Crippen molar-refractivity contribution >= 4 is 17.4 Å². The van der Waals surface area contributed by atoms with Gasteiger partial charge in [0, 0.05) is 0 Å². The maximum absolute atomic E-state index is 5.77.